The minimum Gasteiger partial charge on any atom is -0.480 e. The van der Waals surface area contributed by atoms with Crippen molar-refractivity contribution in [1.29, 1.82) is 4.78 Å². The molecule has 0 radical (unpaired) electrons. The van der Waals surface area contributed by atoms with Gasteiger partial charge in [-0.15, -0.1) is 10.2 Å². The predicted octanol–water partition coefficient (Wildman–Crippen LogP) is 4.67. The van der Waals surface area contributed by atoms with Crippen LogP contribution in [0.15, 0.2) is 47.4 Å². The molecule has 1 amide bonds. The minimum absolute atomic E-state index is 0.0116. The first-order chi connectivity index (χ1) is 14.6. The molecule has 1 atom stereocenters. The van der Waals surface area contributed by atoms with Gasteiger partial charge >= 0.3 is 0 Å². The molecule has 3 aromatic rings. The van der Waals surface area contributed by atoms with Gasteiger partial charge in [0, 0.05) is 22.4 Å². The fourth-order valence-electron chi connectivity index (χ4n) is 2.69. The predicted molar refractivity (Wildman–Crippen MR) is 114 cm³/mol. The summed E-state index contributed by atoms with van der Waals surface area (Å²) >= 11 is 6.02. The molecule has 1 heterocycles. The van der Waals surface area contributed by atoms with Crippen LogP contribution < -0.4 is 14.8 Å². The molecule has 0 bridgehead atoms. The Bertz CT molecular complexity index is 1270. The Morgan fingerprint density at radius 2 is 1.90 bits per heavy atom. The third-order valence-corrected chi connectivity index (χ3v) is 5.65. The van der Waals surface area contributed by atoms with Gasteiger partial charge in [0.15, 0.2) is 0 Å². The highest BCUT2D eigenvalue weighted by Gasteiger charge is 2.23. The lowest BCUT2D eigenvalue weighted by molar-refractivity contribution is 0.102. The average Bonchev–Trinajstić information content (AvgIpc) is 2.70. The molecular weight excluding hydrogens is 447 g/mol. The second kappa shape index (κ2) is 8.86. The van der Waals surface area contributed by atoms with Gasteiger partial charge in [0.25, 0.3) is 11.8 Å². The van der Waals surface area contributed by atoms with E-state index in [-0.39, 0.29) is 33.0 Å². The first-order valence-electron chi connectivity index (χ1n) is 8.79. The molecular formula is C20H18ClFN4O4S. The molecule has 1 aromatic heterocycles. The van der Waals surface area contributed by atoms with E-state index in [1.165, 1.54) is 25.5 Å². The van der Waals surface area contributed by atoms with Gasteiger partial charge in [0.05, 0.1) is 21.9 Å². The number of methoxy groups -OCH3 is 1. The fourth-order valence-corrected chi connectivity index (χ4v) is 3.58. The number of nitrogens with zero attached hydrogens (tertiary/aromatic N) is 2. The molecule has 8 nitrogen and oxygen atoms in total. The van der Waals surface area contributed by atoms with Crippen LogP contribution in [0.2, 0.25) is 5.02 Å². The molecule has 1 unspecified atom stereocenters. The van der Waals surface area contributed by atoms with Gasteiger partial charge in [-0.2, -0.15) is 0 Å². The molecule has 2 aromatic carbocycles. The lowest BCUT2D eigenvalue weighted by Crippen LogP contribution is -2.17. The number of hydrogen-bond donors (Lipinski definition) is 2. The van der Waals surface area contributed by atoms with Crippen molar-refractivity contribution in [3.8, 4) is 17.5 Å². The number of ether oxygens (including phenoxy) is 2. The van der Waals surface area contributed by atoms with Gasteiger partial charge in [0.1, 0.15) is 17.1 Å². The van der Waals surface area contributed by atoms with Gasteiger partial charge in [0.2, 0.25) is 5.88 Å². The van der Waals surface area contributed by atoms with E-state index in [4.69, 9.17) is 25.9 Å². The molecule has 0 saturated heterocycles. The van der Waals surface area contributed by atoms with Crippen LogP contribution in [0.1, 0.15) is 15.9 Å². The van der Waals surface area contributed by atoms with Crippen LogP contribution in [0.5, 0.6) is 17.5 Å². The summed E-state index contributed by atoms with van der Waals surface area (Å²) in [6, 6.07) is 9.68. The van der Waals surface area contributed by atoms with Gasteiger partial charge < -0.3 is 14.8 Å². The van der Waals surface area contributed by atoms with Gasteiger partial charge in [-0.05, 0) is 43.3 Å². The smallest absolute Gasteiger partial charge is 0.261 e. The van der Waals surface area contributed by atoms with E-state index < -0.39 is 21.5 Å². The molecule has 0 aliphatic carbocycles. The normalized spacial score (nSPS) is 12.7. The first kappa shape index (κ1) is 22.4. The van der Waals surface area contributed by atoms with Crippen molar-refractivity contribution in [2.24, 2.45) is 0 Å². The Morgan fingerprint density at radius 3 is 2.55 bits per heavy atom. The number of halogens is 2. The Morgan fingerprint density at radius 1 is 1.19 bits per heavy atom. The number of amides is 1. The molecule has 0 saturated carbocycles. The number of carbonyl (C=O) groups is 1. The number of nitrogens with one attached hydrogen (secondary N) is 2. The van der Waals surface area contributed by atoms with E-state index >= 15 is 0 Å². The Hall–Kier alpha value is -3.24. The molecule has 2 N–H and O–H groups in total. The summed E-state index contributed by atoms with van der Waals surface area (Å²) in [5.41, 5.74) is 0.685. The van der Waals surface area contributed by atoms with Crippen molar-refractivity contribution in [2.45, 2.75) is 11.8 Å². The van der Waals surface area contributed by atoms with E-state index in [9.17, 15) is 13.4 Å². The molecule has 3 rings (SSSR count). The van der Waals surface area contributed by atoms with Gasteiger partial charge in [-0.25, -0.2) is 13.4 Å². The second-order valence-corrected chi connectivity index (χ2v) is 9.08. The molecule has 162 valence electrons. The third-order valence-electron chi connectivity index (χ3n) is 4.20. The zero-order valence-electron chi connectivity index (χ0n) is 16.7. The summed E-state index contributed by atoms with van der Waals surface area (Å²) in [4.78, 5) is 13.4. The summed E-state index contributed by atoms with van der Waals surface area (Å²) in [5, 5.41) is 10.4. The van der Waals surface area contributed by atoms with Gasteiger partial charge in [-0.3, -0.25) is 4.79 Å². The van der Waals surface area contributed by atoms with Crippen LogP contribution in [-0.2, 0) is 9.73 Å². The fraction of sp³-hybridized carbons (Fsp3) is 0.150. The Balaban J connectivity index is 2.01. The zero-order chi connectivity index (χ0) is 22.8. The molecule has 0 spiro atoms. The summed E-state index contributed by atoms with van der Waals surface area (Å²) in [5.74, 6) is -1.13. The number of benzene rings is 2. The van der Waals surface area contributed by atoms with Crippen LogP contribution in [0.4, 0.5) is 10.1 Å². The highest BCUT2D eigenvalue weighted by Crippen LogP contribution is 2.33. The van der Waals surface area contributed by atoms with Crippen molar-refractivity contribution in [3.05, 3.63) is 64.4 Å². The van der Waals surface area contributed by atoms with E-state index in [1.54, 1.807) is 25.1 Å². The highest BCUT2D eigenvalue weighted by atomic mass is 35.5. The van der Waals surface area contributed by atoms with Crippen LogP contribution in [0.25, 0.3) is 0 Å². The summed E-state index contributed by atoms with van der Waals surface area (Å²) in [7, 11) is -1.58. The molecule has 31 heavy (non-hydrogen) atoms. The largest absolute Gasteiger partial charge is 0.480 e. The topological polar surface area (TPSA) is 114 Å². The summed E-state index contributed by atoms with van der Waals surface area (Å²) < 4.78 is 43.9. The monoisotopic (exact) mass is 464 g/mol. The minimum atomic E-state index is -2.97. The number of rotatable bonds is 6. The van der Waals surface area contributed by atoms with E-state index in [1.807, 2.05) is 0 Å². The number of anilines is 1. The lowest BCUT2D eigenvalue weighted by atomic mass is 10.1. The molecule has 0 fully saturated rings. The maximum Gasteiger partial charge on any atom is 0.261 e. The van der Waals surface area contributed by atoms with Crippen LogP contribution in [0, 0.1) is 17.5 Å². The molecule has 0 aliphatic rings. The van der Waals surface area contributed by atoms with Crippen molar-refractivity contribution >= 4 is 32.9 Å². The second-order valence-electron chi connectivity index (χ2n) is 6.52. The summed E-state index contributed by atoms with van der Waals surface area (Å²) in [6.45, 7) is 1.60. The number of carbonyl (C=O) groups excluding carboxylic acids is 1. The van der Waals surface area contributed by atoms with Crippen LogP contribution in [0.3, 0.4) is 0 Å². The Labute approximate surface area is 183 Å². The van der Waals surface area contributed by atoms with E-state index in [0.717, 1.165) is 12.1 Å². The number of hydrogen-bond acceptors (Lipinski definition) is 7. The Kier molecular flexibility index (Phi) is 6.42. The highest BCUT2D eigenvalue weighted by molar-refractivity contribution is 7.91. The number of aromatic nitrogens is 2. The van der Waals surface area contributed by atoms with E-state index in [2.05, 4.69) is 15.5 Å². The van der Waals surface area contributed by atoms with Gasteiger partial charge in [-0.1, -0.05) is 17.7 Å². The van der Waals surface area contributed by atoms with E-state index in [0.29, 0.717) is 11.3 Å². The van der Waals surface area contributed by atoms with Crippen molar-refractivity contribution < 1.29 is 22.9 Å². The zero-order valence-corrected chi connectivity index (χ0v) is 18.3. The van der Waals surface area contributed by atoms with Crippen molar-refractivity contribution in [3.63, 3.8) is 0 Å². The summed E-state index contributed by atoms with van der Waals surface area (Å²) in [6.07, 6.45) is 1.29. The third kappa shape index (κ3) is 5.09. The molecule has 0 aliphatic heterocycles. The lowest BCUT2D eigenvalue weighted by Gasteiger charge is -2.15. The van der Waals surface area contributed by atoms with Crippen LogP contribution in [-0.4, -0.2) is 33.7 Å². The SMILES string of the molecule is COc1nnc(Oc2ccc(F)cc2Cl)c(C(=O)Nc2cccc(S(C)(=N)=O)c2)c1C. The van der Waals surface area contributed by atoms with Crippen molar-refractivity contribution in [2.75, 3.05) is 18.7 Å². The average molecular weight is 465 g/mol. The van der Waals surface area contributed by atoms with Crippen LogP contribution >= 0.6 is 11.6 Å². The van der Waals surface area contributed by atoms with Crippen molar-refractivity contribution in [1.82, 2.24) is 10.2 Å². The first-order valence-corrected chi connectivity index (χ1v) is 11.1. The maximum absolute atomic E-state index is 13.3. The molecule has 11 heteroatoms. The quantitative estimate of drug-likeness (QED) is 0.548. The maximum atomic E-state index is 13.3. The standard InChI is InChI=1S/C20H18ClFN4O4S/c1-11-17(18(27)24-13-5-4-6-14(10-13)31(3,23)28)20(26-25-19(11)29-2)30-16-8-7-12(22)9-15(16)21/h4-10,23H,1-3H3,(H,24,27).